The van der Waals surface area contributed by atoms with Gasteiger partial charge < -0.3 is 8.83 Å². The monoisotopic (exact) mass is 690 g/mol. The van der Waals surface area contributed by atoms with Gasteiger partial charge in [-0.15, -0.1) is 0 Å². The highest BCUT2D eigenvalue weighted by Crippen LogP contribution is 2.43. The molecule has 0 fully saturated rings. The lowest BCUT2D eigenvalue weighted by molar-refractivity contribution is 0.669. The molecule has 11 aromatic rings. The lowest BCUT2D eigenvalue weighted by Gasteiger charge is -2.12. The Morgan fingerprint density at radius 3 is 1.65 bits per heavy atom. The van der Waals surface area contributed by atoms with E-state index in [1.54, 1.807) is 0 Å². The summed E-state index contributed by atoms with van der Waals surface area (Å²) in [4.78, 5) is 15.2. The van der Waals surface area contributed by atoms with Crippen molar-refractivity contribution in [2.24, 2.45) is 0 Å². The van der Waals surface area contributed by atoms with E-state index >= 15 is 0 Å². The Kier molecular flexibility index (Phi) is 6.51. The molecular formula is C48H26N4O2. The maximum atomic E-state index is 9.34. The summed E-state index contributed by atoms with van der Waals surface area (Å²) in [6, 6.07) is 55.3. The second kappa shape index (κ2) is 11.7. The fourth-order valence-electron chi connectivity index (χ4n) is 7.73. The van der Waals surface area contributed by atoms with Gasteiger partial charge >= 0.3 is 0 Å². The van der Waals surface area contributed by atoms with Crippen LogP contribution in [0.2, 0.25) is 0 Å². The maximum Gasteiger partial charge on any atom is 0.164 e. The third-order valence-electron chi connectivity index (χ3n) is 10.3. The van der Waals surface area contributed by atoms with Gasteiger partial charge in [0.15, 0.2) is 17.5 Å². The number of hydrogen-bond acceptors (Lipinski definition) is 6. The Morgan fingerprint density at radius 1 is 0.370 bits per heavy atom. The molecule has 0 N–H and O–H groups in total. The van der Waals surface area contributed by atoms with E-state index in [1.807, 2.05) is 97.1 Å². The highest BCUT2D eigenvalue weighted by molar-refractivity contribution is 6.30. The first kappa shape index (κ1) is 30.0. The molecule has 3 heterocycles. The van der Waals surface area contributed by atoms with Crippen molar-refractivity contribution in [3.8, 4) is 51.4 Å². The molecule has 8 aromatic carbocycles. The summed E-state index contributed by atoms with van der Waals surface area (Å²) in [7, 11) is 0. The number of nitriles is 1. The maximum absolute atomic E-state index is 9.34. The van der Waals surface area contributed by atoms with Crippen molar-refractivity contribution in [1.82, 2.24) is 15.0 Å². The van der Waals surface area contributed by atoms with E-state index in [-0.39, 0.29) is 0 Å². The van der Waals surface area contributed by atoms with Crippen molar-refractivity contribution in [1.29, 1.82) is 5.26 Å². The fourth-order valence-corrected chi connectivity index (χ4v) is 7.73. The van der Waals surface area contributed by atoms with Crippen LogP contribution in [0.5, 0.6) is 0 Å². The minimum Gasteiger partial charge on any atom is -0.456 e. The van der Waals surface area contributed by atoms with E-state index in [2.05, 4.69) is 66.7 Å². The summed E-state index contributed by atoms with van der Waals surface area (Å²) in [5, 5.41) is 17.8. The molecule has 6 nitrogen and oxygen atoms in total. The van der Waals surface area contributed by atoms with E-state index in [9.17, 15) is 5.26 Å². The number of fused-ring (bicyclic) bond motifs is 11. The molecule has 11 rings (SSSR count). The van der Waals surface area contributed by atoms with Crippen molar-refractivity contribution in [3.63, 3.8) is 0 Å². The average molecular weight is 691 g/mol. The van der Waals surface area contributed by atoms with Gasteiger partial charge in [-0.1, -0.05) is 103 Å². The van der Waals surface area contributed by atoms with Crippen LogP contribution in [0.1, 0.15) is 5.56 Å². The Balaban J connectivity index is 1.14. The smallest absolute Gasteiger partial charge is 0.164 e. The molecule has 250 valence electrons. The first-order valence-electron chi connectivity index (χ1n) is 17.7. The predicted molar refractivity (Wildman–Crippen MR) is 216 cm³/mol. The summed E-state index contributed by atoms with van der Waals surface area (Å²) in [5.41, 5.74) is 8.69. The SMILES string of the molecule is N#Cc1ccc(-c2ccc3c4ccc(-c5nc(-c6ccccc6)nc(-c6ccc7oc8ccccc8c7c6)n5)cc4c4oc5ccccc5c4c3c2)cc1. The molecule has 0 unspecified atom stereocenters. The zero-order valence-corrected chi connectivity index (χ0v) is 28.6. The van der Waals surface area contributed by atoms with Gasteiger partial charge in [0, 0.05) is 43.6 Å². The summed E-state index contributed by atoms with van der Waals surface area (Å²) in [5.74, 6) is 1.74. The highest BCUT2D eigenvalue weighted by Gasteiger charge is 2.19. The van der Waals surface area contributed by atoms with Crippen LogP contribution in [0, 0.1) is 11.3 Å². The molecule has 0 saturated carbocycles. The van der Waals surface area contributed by atoms with Gasteiger partial charge in [0.1, 0.15) is 22.3 Å². The molecule has 6 heteroatoms. The molecule has 0 saturated heterocycles. The quantitative estimate of drug-likeness (QED) is 0.171. The van der Waals surface area contributed by atoms with Crippen LogP contribution in [0.15, 0.2) is 167 Å². The Bertz CT molecular complexity index is 3340. The van der Waals surface area contributed by atoms with Crippen LogP contribution in [-0.4, -0.2) is 15.0 Å². The van der Waals surface area contributed by atoms with Crippen LogP contribution in [0.3, 0.4) is 0 Å². The molecular weight excluding hydrogens is 665 g/mol. The number of benzene rings is 8. The Labute approximate surface area is 308 Å². The normalized spacial score (nSPS) is 11.7. The number of rotatable bonds is 4. The van der Waals surface area contributed by atoms with E-state index in [0.717, 1.165) is 93.2 Å². The second-order valence-electron chi connectivity index (χ2n) is 13.5. The summed E-state index contributed by atoms with van der Waals surface area (Å²) in [6.45, 7) is 0. The van der Waals surface area contributed by atoms with Crippen LogP contribution >= 0.6 is 0 Å². The average Bonchev–Trinajstić information content (AvgIpc) is 3.82. The van der Waals surface area contributed by atoms with E-state index in [4.69, 9.17) is 23.8 Å². The minimum atomic E-state index is 0.568. The van der Waals surface area contributed by atoms with Gasteiger partial charge in [-0.05, 0) is 81.9 Å². The first-order valence-corrected chi connectivity index (χ1v) is 17.7. The number of aromatic nitrogens is 3. The minimum absolute atomic E-state index is 0.568. The van der Waals surface area contributed by atoms with Crippen molar-refractivity contribution < 1.29 is 8.83 Å². The molecule has 0 bridgehead atoms. The lowest BCUT2D eigenvalue weighted by Crippen LogP contribution is -2.00. The summed E-state index contributed by atoms with van der Waals surface area (Å²) in [6.07, 6.45) is 0. The zero-order chi connectivity index (χ0) is 35.8. The predicted octanol–water partition coefficient (Wildman–Crippen LogP) is 12.5. The van der Waals surface area contributed by atoms with Crippen molar-refractivity contribution in [2.75, 3.05) is 0 Å². The lowest BCUT2D eigenvalue weighted by atomic mass is 9.93. The topological polar surface area (TPSA) is 88.7 Å². The molecule has 54 heavy (non-hydrogen) atoms. The third-order valence-corrected chi connectivity index (χ3v) is 10.3. The van der Waals surface area contributed by atoms with Crippen LogP contribution in [-0.2, 0) is 0 Å². The number of nitrogens with zero attached hydrogens (tertiary/aromatic N) is 4. The molecule has 0 amide bonds. The zero-order valence-electron chi connectivity index (χ0n) is 28.6. The van der Waals surface area contributed by atoms with Crippen molar-refractivity contribution >= 4 is 65.4 Å². The van der Waals surface area contributed by atoms with Gasteiger partial charge in [-0.25, -0.2) is 15.0 Å². The molecule has 0 aliphatic carbocycles. The largest absolute Gasteiger partial charge is 0.456 e. The standard InChI is InChI=1S/C48H26N4O2/c49-27-28-14-16-29(17-15-28)31-18-21-34-35-22-19-32(26-40(35)45-44(39(34)24-31)37-11-5-7-13-42(37)54-45)47-50-46(30-8-2-1-3-9-30)51-48(52-47)33-20-23-43-38(25-33)36-10-4-6-12-41(36)53-43/h1-26H. The number of furan rings is 2. The van der Waals surface area contributed by atoms with Crippen LogP contribution in [0.4, 0.5) is 0 Å². The Hall–Kier alpha value is -7.62. The van der Waals surface area contributed by atoms with Crippen LogP contribution < -0.4 is 0 Å². The van der Waals surface area contributed by atoms with Gasteiger partial charge in [-0.2, -0.15) is 5.26 Å². The van der Waals surface area contributed by atoms with Gasteiger partial charge in [0.05, 0.1) is 11.6 Å². The highest BCUT2D eigenvalue weighted by atomic mass is 16.3. The molecule has 3 aromatic heterocycles. The van der Waals surface area contributed by atoms with Crippen molar-refractivity contribution in [2.45, 2.75) is 0 Å². The Morgan fingerprint density at radius 2 is 0.907 bits per heavy atom. The van der Waals surface area contributed by atoms with Crippen LogP contribution in [0.25, 0.3) is 111 Å². The molecule has 0 spiro atoms. The van der Waals surface area contributed by atoms with Gasteiger partial charge in [0.25, 0.3) is 0 Å². The first-order chi connectivity index (χ1) is 26.7. The van der Waals surface area contributed by atoms with Gasteiger partial charge in [0.2, 0.25) is 0 Å². The van der Waals surface area contributed by atoms with Crippen molar-refractivity contribution in [3.05, 3.63) is 163 Å². The van der Waals surface area contributed by atoms with E-state index < -0.39 is 0 Å². The summed E-state index contributed by atoms with van der Waals surface area (Å²) >= 11 is 0. The van der Waals surface area contributed by atoms with Gasteiger partial charge in [-0.3, -0.25) is 0 Å². The fraction of sp³-hybridized carbons (Fsp3) is 0. The summed E-state index contributed by atoms with van der Waals surface area (Å²) < 4.78 is 12.8. The molecule has 0 aliphatic heterocycles. The second-order valence-corrected chi connectivity index (χ2v) is 13.5. The molecule has 0 aliphatic rings. The van der Waals surface area contributed by atoms with E-state index in [1.165, 1.54) is 0 Å². The molecule has 0 atom stereocenters. The molecule has 0 radical (unpaired) electrons. The van der Waals surface area contributed by atoms with E-state index in [0.29, 0.717) is 23.0 Å². The number of para-hydroxylation sites is 2. The number of hydrogen-bond donors (Lipinski definition) is 0. The third kappa shape index (κ3) is 4.69.